The fourth-order valence-electron chi connectivity index (χ4n) is 1.86. The van der Waals surface area contributed by atoms with Crippen LogP contribution in [0.5, 0.6) is 0 Å². The third-order valence-electron chi connectivity index (χ3n) is 2.85. The molecule has 96 valence electrons. The zero-order valence-corrected chi connectivity index (χ0v) is 9.98. The van der Waals surface area contributed by atoms with Crippen molar-refractivity contribution < 1.29 is 19.1 Å². The lowest BCUT2D eigenvalue weighted by Gasteiger charge is -2.30. The van der Waals surface area contributed by atoms with Crippen LogP contribution in [-0.2, 0) is 19.1 Å². The van der Waals surface area contributed by atoms with E-state index in [0.717, 1.165) is 0 Å². The van der Waals surface area contributed by atoms with Gasteiger partial charge in [0.2, 0.25) is 11.8 Å². The number of ether oxygens (including phenoxy) is 1. The Balaban J connectivity index is 2.35. The molecule has 0 spiro atoms. The molecule has 0 aromatic heterocycles. The highest BCUT2D eigenvalue weighted by Crippen LogP contribution is 2.17. The van der Waals surface area contributed by atoms with E-state index in [1.165, 1.54) is 0 Å². The third kappa shape index (κ3) is 4.05. The molecule has 1 saturated heterocycles. The highest BCUT2D eigenvalue weighted by molar-refractivity contribution is 5.94. The molecule has 0 saturated carbocycles. The lowest BCUT2D eigenvalue weighted by Crippen LogP contribution is -2.42. The lowest BCUT2D eigenvalue weighted by atomic mass is 9.96. The summed E-state index contributed by atoms with van der Waals surface area (Å²) in [4.78, 5) is 35.3. The van der Waals surface area contributed by atoms with Gasteiger partial charge < -0.3 is 15.4 Å². The van der Waals surface area contributed by atoms with Gasteiger partial charge in [0.1, 0.15) is 6.42 Å². The number of hydrogen-bond donors (Lipinski definition) is 1. The molecule has 1 rings (SSSR count). The average molecular weight is 242 g/mol. The summed E-state index contributed by atoms with van der Waals surface area (Å²) in [7, 11) is 0. The Hall–Kier alpha value is -1.59. The molecular weight excluding hydrogens is 224 g/mol. The predicted molar refractivity (Wildman–Crippen MR) is 59.7 cm³/mol. The Kier molecular flexibility index (Phi) is 4.93. The minimum Gasteiger partial charge on any atom is -0.466 e. The highest BCUT2D eigenvalue weighted by Gasteiger charge is 2.26. The number of nitrogens with zero attached hydrogens (tertiary/aromatic N) is 1. The number of carbonyl (C=O) groups is 3. The Labute approximate surface area is 100 Å². The Morgan fingerprint density at radius 3 is 2.35 bits per heavy atom. The van der Waals surface area contributed by atoms with Crippen molar-refractivity contribution in [3.63, 3.8) is 0 Å². The van der Waals surface area contributed by atoms with Gasteiger partial charge in [-0.2, -0.15) is 0 Å². The van der Waals surface area contributed by atoms with Crippen LogP contribution in [0.4, 0.5) is 0 Å². The summed E-state index contributed by atoms with van der Waals surface area (Å²) in [5.41, 5.74) is 5.19. The molecule has 6 nitrogen and oxygen atoms in total. The van der Waals surface area contributed by atoms with E-state index in [2.05, 4.69) is 0 Å². The number of carbonyl (C=O) groups excluding carboxylic acids is 3. The van der Waals surface area contributed by atoms with E-state index in [4.69, 9.17) is 10.5 Å². The molecule has 1 fully saturated rings. The van der Waals surface area contributed by atoms with Crippen LogP contribution in [0.2, 0.25) is 0 Å². The van der Waals surface area contributed by atoms with Gasteiger partial charge in [0.05, 0.1) is 6.61 Å². The molecule has 0 aromatic carbocycles. The van der Waals surface area contributed by atoms with Gasteiger partial charge in [0, 0.05) is 19.0 Å². The van der Waals surface area contributed by atoms with E-state index in [1.807, 2.05) is 0 Å². The molecular formula is C11H18N2O4. The lowest BCUT2D eigenvalue weighted by molar-refractivity contribution is -0.149. The van der Waals surface area contributed by atoms with Crippen LogP contribution < -0.4 is 5.73 Å². The summed E-state index contributed by atoms with van der Waals surface area (Å²) < 4.78 is 4.70. The van der Waals surface area contributed by atoms with E-state index in [-0.39, 0.29) is 30.8 Å². The zero-order valence-electron chi connectivity index (χ0n) is 9.98. The van der Waals surface area contributed by atoms with Crippen molar-refractivity contribution in [1.82, 2.24) is 4.90 Å². The molecule has 0 bridgehead atoms. The number of likely N-dealkylation sites (tertiary alicyclic amines) is 1. The first-order valence-corrected chi connectivity index (χ1v) is 5.77. The fraction of sp³-hybridized carbons (Fsp3) is 0.727. The predicted octanol–water partition coefficient (Wildman–Crippen LogP) is -0.336. The van der Waals surface area contributed by atoms with Gasteiger partial charge in [0.25, 0.3) is 0 Å². The van der Waals surface area contributed by atoms with Crippen LogP contribution in [0.15, 0.2) is 0 Å². The van der Waals surface area contributed by atoms with Gasteiger partial charge in [-0.05, 0) is 19.8 Å². The third-order valence-corrected chi connectivity index (χ3v) is 2.85. The standard InChI is InChI=1S/C11H18N2O4/c1-2-17-10(15)7-9(14)13-5-3-8(4-6-13)11(12)16/h8H,2-7H2,1H3,(H2,12,16). The molecule has 6 heteroatoms. The molecule has 17 heavy (non-hydrogen) atoms. The minimum atomic E-state index is -0.505. The average Bonchev–Trinajstić information content (AvgIpc) is 2.29. The monoisotopic (exact) mass is 242 g/mol. The number of esters is 1. The summed E-state index contributed by atoms with van der Waals surface area (Å²) in [6, 6.07) is 0. The molecule has 0 atom stereocenters. The molecule has 2 amide bonds. The van der Waals surface area contributed by atoms with Crippen molar-refractivity contribution in [2.45, 2.75) is 26.2 Å². The van der Waals surface area contributed by atoms with Crippen molar-refractivity contribution in [3.8, 4) is 0 Å². The second kappa shape index (κ2) is 6.22. The quantitative estimate of drug-likeness (QED) is 0.539. The van der Waals surface area contributed by atoms with Crippen molar-refractivity contribution >= 4 is 17.8 Å². The number of nitrogens with two attached hydrogens (primary N) is 1. The number of amides is 2. The normalized spacial score (nSPS) is 16.6. The van der Waals surface area contributed by atoms with Gasteiger partial charge in [-0.3, -0.25) is 14.4 Å². The first-order valence-electron chi connectivity index (χ1n) is 5.77. The van der Waals surface area contributed by atoms with E-state index < -0.39 is 5.97 Å². The maximum atomic E-state index is 11.7. The van der Waals surface area contributed by atoms with E-state index in [0.29, 0.717) is 25.9 Å². The van der Waals surface area contributed by atoms with Crippen molar-refractivity contribution in [2.75, 3.05) is 19.7 Å². The minimum absolute atomic E-state index is 0.151. The molecule has 1 aliphatic heterocycles. The smallest absolute Gasteiger partial charge is 0.315 e. The number of primary amides is 1. The number of hydrogen-bond acceptors (Lipinski definition) is 4. The van der Waals surface area contributed by atoms with Gasteiger partial charge >= 0.3 is 5.97 Å². The number of piperidine rings is 1. The van der Waals surface area contributed by atoms with Crippen LogP contribution in [0, 0.1) is 5.92 Å². The SMILES string of the molecule is CCOC(=O)CC(=O)N1CCC(C(N)=O)CC1. The van der Waals surface area contributed by atoms with Crippen LogP contribution in [0.25, 0.3) is 0 Å². The number of rotatable bonds is 4. The van der Waals surface area contributed by atoms with Crippen LogP contribution in [0.1, 0.15) is 26.2 Å². The molecule has 0 aromatic rings. The zero-order chi connectivity index (χ0) is 12.8. The summed E-state index contributed by atoms with van der Waals surface area (Å²) in [5, 5.41) is 0. The van der Waals surface area contributed by atoms with Crippen LogP contribution >= 0.6 is 0 Å². The Bertz CT molecular complexity index is 309. The first-order chi connectivity index (χ1) is 8.04. The second-order valence-corrected chi connectivity index (χ2v) is 4.04. The topological polar surface area (TPSA) is 89.7 Å². The maximum Gasteiger partial charge on any atom is 0.315 e. The van der Waals surface area contributed by atoms with Gasteiger partial charge in [-0.25, -0.2) is 0 Å². The van der Waals surface area contributed by atoms with Crippen molar-refractivity contribution in [3.05, 3.63) is 0 Å². The van der Waals surface area contributed by atoms with E-state index in [9.17, 15) is 14.4 Å². The van der Waals surface area contributed by atoms with Gasteiger partial charge in [-0.1, -0.05) is 0 Å². The Morgan fingerprint density at radius 2 is 1.88 bits per heavy atom. The highest BCUT2D eigenvalue weighted by atomic mass is 16.5. The molecule has 1 aliphatic rings. The Morgan fingerprint density at radius 1 is 1.29 bits per heavy atom. The van der Waals surface area contributed by atoms with Crippen LogP contribution in [0.3, 0.4) is 0 Å². The maximum absolute atomic E-state index is 11.7. The second-order valence-electron chi connectivity index (χ2n) is 4.04. The van der Waals surface area contributed by atoms with Crippen molar-refractivity contribution in [1.29, 1.82) is 0 Å². The molecule has 1 heterocycles. The molecule has 0 unspecified atom stereocenters. The largest absolute Gasteiger partial charge is 0.466 e. The van der Waals surface area contributed by atoms with E-state index in [1.54, 1.807) is 11.8 Å². The van der Waals surface area contributed by atoms with Crippen LogP contribution in [-0.4, -0.2) is 42.4 Å². The van der Waals surface area contributed by atoms with Crippen molar-refractivity contribution in [2.24, 2.45) is 11.7 Å². The van der Waals surface area contributed by atoms with E-state index >= 15 is 0 Å². The van der Waals surface area contributed by atoms with Gasteiger partial charge in [0.15, 0.2) is 0 Å². The molecule has 0 radical (unpaired) electrons. The molecule has 2 N–H and O–H groups in total. The van der Waals surface area contributed by atoms with Gasteiger partial charge in [-0.15, -0.1) is 0 Å². The molecule has 0 aliphatic carbocycles. The first kappa shape index (κ1) is 13.5. The summed E-state index contributed by atoms with van der Waals surface area (Å²) in [6.07, 6.45) is 0.920. The summed E-state index contributed by atoms with van der Waals surface area (Å²) in [6.45, 7) is 2.92. The summed E-state index contributed by atoms with van der Waals surface area (Å²) in [5.74, 6) is -1.22. The fourth-order valence-corrected chi connectivity index (χ4v) is 1.86. The summed E-state index contributed by atoms with van der Waals surface area (Å²) >= 11 is 0.